The van der Waals surface area contributed by atoms with E-state index in [-0.39, 0.29) is 22.7 Å². The highest BCUT2D eigenvalue weighted by Gasteiger charge is 2.21. The maximum atomic E-state index is 12.9. The Morgan fingerprint density at radius 1 is 1.00 bits per heavy atom. The second-order valence-corrected chi connectivity index (χ2v) is 8.77. The van der Waals surface area contributed by atoms with Gasteiger partial charge in [-0.1, -0.05) is 11.8 Å². The van der Waals surface area contributed by atoms with E-state index in [4.69, 9.17) is 13.9 Å². The summed E-state index contributed by atoms with van der Waals surface area (Å²) < 4.78 is 16.9. The number of carbonyl (C=O) groups excluding carboxylic acids is 3. The quantitative estimate of drug-likeness (QED) is 0.249. The van der Waals surface area contributed by atoms with E-state index in [0.717, 1.165) is 5.69 Å². The van der Waals surface area contributed by atoms with Gasteiger partial charge in [-0.3, -0.25) is 4.79 Å². The van der Waals surface area contributed by atoms with Gasteiger partial charge in [-0.25, -0.2) is 9.59 Å². The summed E-state index contributed by atoms with van der Waals surface area (Å²) >= 11 is 2.75. The second-order valence-electron chi connectivity index (χ2n) is 6.98. The highest BCUT2D eigenvalue weighted by atomic mass is 32.2. The van der Waals surface area contributed by atoms with E-state index in [2.05, 4.69) is 10.2 Å². The zero-order valence-corrected chi connectivity index (χ0v) is 20.5. The summed E-state index contributed by atoms with van der Waals surface area (Å²) in [6.45, 7) is 3.64. The number of carbonyl (C=O) groups is 3. The fourth-order valence-corrected chi connectivity index (χ4v) is 4.36. The number of aromatic nitrogens is 3. The molecule has 174 valence electrons. The molecule has 1 aromatic carbocycles. The van der Waals surface area contributed by atoms with Crippen molar-refractivity contribution >= 4 is 41.2 Å². The predicted molar refractivity (Wildman–Crippen MR) is 124 cm³/mol. The third-order valence-corrected chi connectivity index (χ3v) is 6.15. The first-order valence-corrected chi connectivity index (χ1v) is 12.1. The monoisotopic (exact) mass is 489 g/mol. The predicted octanol–water partition coefficient (Wildman–Crippen LogP) is 3.89. The highest BCUT2D eigenvalue weighted by Crippen LogP contribution is 2.26. The number of thioether (sulfide) groups is 2. The maximum Gasteiger partial charge on any atom is 0.337 e. The number of ether oxygens (including phenoxy) is 2. The molecule has 0 unspecified atom stereocenters. The minimum absolute atomic E-state index is 0.110. The molecular formula is C22H23N3O6S2. The van der Waals surface area contributed by atoms with Crippen LogP contribution in [0.15, 0.2) is 33.9 Å². The normalized spacial score (nSPS) is 10.8. The average molecular weight is 490 g/mol. The lowest BCUT2D eigenvalue weighted by atomic mass is 10.1. The van der Waals surface area contributed by atoms with E-state index in [9.17, 15) is 14.4 Å². The van der Waals surface area contributed by atoms with Crippen molar-refractivity contribution < 1.29 is 28.3 Å². The standard InChI is InChI=1S/C22H23N3O6S2/c1-12-6-17(18(26)10-33-22-24-23-19(31-22)11-32-5)13(2)25(12)16-8-14(20(27)29-3)7-15(9-16)21(28)30-4/h6-9H,10-11H2,1-5H3. The molecule has 0 aliphatic rings. The molecule has 0 fully saturated rings. The first-order chi connectivity index (χ1) is 15.8. The molecule has 2 aromatic heterocycles. The Bertz CT molecular complexity index is 1170. The Balaban J connectivity index is 1.91. The van der Waals surface area contributed by atoms with Crippen LogP contribution in [0.4, 0.5) is 0 Å². The van der Waals surface area contributed by atoms with Gasteiger partial charge < -0.3 is 18.5 Å². The molecule has 0 saturated carbocycles. The fourth-order valence-electron chi connectivity index (χ4n) is 3.34. The van der Waals surface area contributed by atoms with Crippen LogP contribution in [0.1, 0.15) is 48.4 Å². The molecule has 9 nitrogen and oxygen atoms in total. The third kappa shape index (κ3) is 5.48. The number of aryl methyl sites for hydroxylation is 1. The van der Waals surface area contributed by atoms with E-state index in [1.807, 2.05) is 13.2 Å². The number of hydrogen-bond donors (Lipinski definition) is 0. The Hall–Kier alpha value is -3.05. The SMILES string of the molecule is COC(=O)c1cc(C(=O)OC)cc(-n2c(C)cc(C(=O)CSc3nnc(CSC)o3)c2C)c1. The lowest BCUT2D eigenvalue weighted by Crippen LogP contribution is -2.10. The van der Waals surface area contributed by atoms with Crippen molar-refractivity contribution in [3.8, 4) is 5.69 Å². The van der Waals surface area contributed by atoms with Crippen LogP contribution < -0.4 is 0 Å². The number of ketones is 1. The topological polar surface area (TPSA) is 114 Å². The zero-order chi connectivity index (χ0) is 24.1. The number of esters is 2. The number of hydrogen-bond acceptors (Lipinski definition) is 10. The van der Waals surface area contributed by atoms with Gasteiger partial charge in [0.2, 0.25) is 5.89 Å². The van der Waals surface area contributed by atoms with Gasteiger partial charge in [-0.15, -0.1) is 10.2 Å². The number of Topliss-reactive ketones (excluding diaryl/α,β-unsaturated/α-hetero) is 1. The summed E-state index contributed by atoms with van der Waals surface area (Å²) in [6.07, 6.45) is 1.94. The summed E-state index contributed by atoms with van der Waals surface area (Å²) in [5.41, 5.74) is 2.89. The fraction of sp³-hybridized carbons (Fsp3) is 0.318. The van der Waals surface area contributed by atoms with E-state index in [1.54, 1.807) is 41.5 Å². The van der Waals surface area contributed by atoms with E-state index in [1.165, 1.54) is 32.0 Å². The lowest BCUT2D eigenvalue weighted by molar-refractivity contribution is 0.0599. The van der Waals surface area contributed by atoms with Crippen LogP contribution in [-0.4, -0.2) is 58.7 Å². The zero-order valence-electron chi connectivity index (χ0n) is 18.8. The van der Waals surface area contributed by atoms with Gasteiger partial charge in [0.05, 0.1) is 36.9 Å². The molecule has 11 heteroatoms. The molecule has 0 amide bonds. The minimum atomic E-state index is -0.586. The molecule has 0 radical (unpaired) electrons. The number of methoxy groups -OCH3 is 2. The number of benzene rings is 1. The van der Waals surface area contributed by atoms with Crippen LogP contribution in [0.5, 0.6) is 0 Å². The summed E-state index contributed by atoms with van der Waals surface area (Å²) in [5, 5.41) is 8.23. The van der Waals surface area contributed by atoms with Crippen LogP contribution in [0.25, 0.3) is 5.69 Å². The summed E-state index contributed by atoms with van der Waals surface area (Å²) in [5.74, 6) is -0.0271. The largest absolute Gasteiger partial charge is 0.465 e. The van der Waals surface area contributed by atoms with Crippen LogP contribution in [0.2, 0.25) is 0 Å². The highest BCUT2D eigenvalue weighted by molar-refractivity contribution is 7.99. The van der Waals surface area contributed by atoms with Gasteiger partial charge in [-0.2, -0.15) is 11.8 Å². The van der Waals surface area contributed by atoms with Gasteiger partial charge in [0.15, 0.2) is 5.78 Å². The molecule has 0 bridgehead atoms. The van der Waals surface area contributed by atoms with Gasteiger partial charge in [-0.05, 0) is 44.4 Å². The van der Waals surface area contributed by atoms with Gasteiger partial charge in [0, 0.05) is 22.6 Å². The van der Waals surface area contributed by atoms with Crippen molar-refractivity contribution in [3.05, 3.63) is 58.2 Å². The molecule has 0 spiro atoms. The van der Waals surface area contributed by atoms with Gasteiger partial charge >= 0.3 is 11.9 Å². The Morgan fingerprint density at radius 3 is 2.21 bits per heavy atom. The lowest BCUT2D eigenvalue weighted by Gasteiger charge is -2.13. The first-order valence-electron chi connectivity index (χ1n) is 9.77. The molecule has 33 heavy (non-hydrogen) atoms. The van der Waals surface area contributed by atoms with Crippen molar-refractivity contribution in [1.82, 2.24) is 14.8 Å². The molecule has 0 N–H and O–H groups in total. The molecule has 0 aliphatic heterocycles. The number of rotatable bonds is 9. The molecule has 2 heterocycles. The van der Waals surface area contributed by atoms with Crippen LogP contribution in [0, 0.1) is 13.8 Å². The van der Waals surface area contributed by atoms with Crippen molar-refractivity contribution in [2.45, 2.75) is 24.8 Å². The number of nitrogens with zero attached hydrogens (tertiary/aromatic N) is 3. The van der Waals surface area contributed by atoms with Crippen molar-refractivity contribution in [3.63, 3.8) is 0 Å². The molecule has 3 rings (SSSR count). The summed E-state index contributed by atoms with van der Waals surface area (Å²) in [7, 11) is 2.53. The first kappa shape index (κ1) is 24.6. The summed E-state index contributed by atoms with van der Waals surface area (Å²) in [6, 6.07) is 6.39. The molecule has 0 saturated heterocycles. The molecule has 0 atom stereocenters. The Kier molecular flexibility index (Phi) is 7.98. The van der Waals surface area contributed by atoms with Crippen molar-refractivity contribution in [2.75, 3.05) is 26.2 Å². The van der Waals surface area contributed by atoms with Crippen LogP contribution in [-0.2, 0) is 15.2 Å². The van der Waals surface area contributed by atoms with Crippen molar-refractivity contribution in [1.29, 1.82) is 0 Å². The molecular weight excluding hydrogens is 466 g/mol. The Morgan fingerprint density at radius 2 is 1.64 bits per heavy atom. The van der Waals surface area contributed by atoms with E-state index >= 15 is 0 Å². The third-order valence-electron chi connectivity index (χ3n) is 4.79. The van der Waals surface area contributed by atoms with Crippen molar-refractivity contribution in [2.24, 2.45) is 0 Å². The van der Waals surface area contributed by atoms with Crippen LogP contribution >= 0.6 is 23.5 Å². The van der Waals surface area contributed by atoms with E-state index < -0.39 is 11.9 Å². The average Bonchev–Trinajstić information content (AvgIpc) is 3.39. The molecule has 3 aromatic rings. The molecule has 0 aliphatic carbocycles. The maximum absolute atomic E-state index is 12.9. The Labute approximate surface area is 199 Å². The van der Waals surface area contributed by atoms with Gasteiger partial charge in [0.1, 0.15) is 0 Å². The van der Waals surface area contributed by atoms with Crippen LogP contribution in [0.3, 0.4) is 0 Å². The van der Waals surface area contributed by atoms with Gasteiger partial charge in [0.25, 0.3) is 5.22 Å². The summed E-state index contributed by atoms with van der Waals surface area (Å²) in [4.78, 5) is 37.2. The van der Waals surface area contributed by atoms with E-state index in [0.29, 0.717) is 33.8 Å². The second kappa shape index (κ2) is 10.7. The smallest absolute Gasteiger partial charge is 0.337 e. The minimum Gasteiger partial charge on any atom is -0.465 e.